The first-order valence-electron chi connectivity index (χ1n) is 13.9. The van der Waals surface area contributed by atoms with Crippen LogP contribution in [0, 0.1) is 11.3 Å². The fourth-order valence-electron chi connectivity index (χ4n) is 4.57. The second-order valence-corrected chi connectivity index (χ2v) is 9.92. The number of nitriles is 1. The average molecular weight is 571 g/mol. The van der Waals surface area contributed by atoms with Gasteiger partial charge in [-0.1, -0.05) is 24.3 Å². The van der Waals surface area contributed by atoms with E-state index in [0.717, 1.165) is 29.7 Å². The van der Waals surface area contributed by atoms with Crippen molar-refractivity contribution in [3.8, 4) is 17.6 Å². The molecule has 10 nitrogen and oxygen atoms in total. The highest BCUT2D eigenvalue weighted by Gasteiger charge is 2.31. The van der Waals surface area contributed by atoms with Crippen LogP contribution in [0.4, 0.5) is 4.79 Å². The summed E-state index contributed by atoms with van der Waals surface area (Å²) < 4.78 is 11.6. The first kappa shape index (κ1) is 29.9. The predicted molar refractivity (Wildman–Crippen MR) is 155 cm³/mol. The Labute approximate surface area is 244 Å². The Morgan fingerprint density at radius 1 is 0.833 bits per heavy atom. The third-order valence-electron chi connectivity index (χ3n) is 6.92. The number of amides is 3. The molecule has 218 valence electrons. The van der Waals surface area contributed by atoms with E-state index >= 15 is 0 Å². The Bertz CT molecular complexity index is 1380. The molecule has 0 aliphatic carbocycles. The van der Waals surface area contributed by atoms with Gasteiger partial charge in [0, 0.05) is 31.6 Å². The molecule has 0 aromatic heterocycles. The van der Waals surface area contributed by atoms with Gasteiger partial charge in [-0.05, 0) is 78.9 Å². The van der Waals surface area contributed by atoms with Gasteiger partial charge in [-0.2, -0.15) is 5.26 Å². The lowest BCUT2D eigenvalue weighted by atomic mass is 10.0. The van der Waals surface area contributed by atoms with Crippen molar-refractivity contribution in [1.82, 2.24) is 15.5 Å². The SMILES string of the molecule is N#Cc1ccc(C(=O)NCc2ccc(OCCCOc3ccc(CNC(=O)C4CCCCN4C(=O)O)cc3)cc2)cc1. The Kier molecular flexibility index (Phi) is 10.8. The van der Waals surface area contributed by atoms with Gasteiger partial charge in [-0.15, -0.1) is 0 Å². The summed E-state index contributed by atoms with van der Waals surface area (Å²) in [6.45, 7) is 2.04. The smallest absolute Gasteiger partial charge is 0.407 e. The maximum absolute atomic E-state index is 12.5. The summed E-state index contributed by atoms with van der Waals surface area (Å²) in [7, 11) is 0. The molecule has 10 heteroatoms. The lowest BCUT2D eigenvalue weighted by Crippen LogP contribution is -2.51. The number of piperidine rings is 1. The van der Waals surface area contributed by atoms with Crippen LogP contribution in [-0.2, 0) is 17.9 Å². The summed E-state index contributed by atoms with van der Waals surface area (Å²) in [6, 6.07) is 22.8. The average Bonchev–Trinajstić information content (AvgIpc) is 3.03. The number of likely N-dealkylation sites (tertiary alicyclic amines) is 1. The molecule has 1 atom stereocenters. The number of nitrogens with zero attached hydrogens (tertiary/aromatic N) is 2. The van der Waals surface area contributed by atoms with E-state index in [9.17, 15) is 19.5 Å². The lowest BCUT2D eigenvalue weighted by molar-refractivity contribution is -0.127. The van der Waals surface area contributed by atoms with E-state index < -0.39 is 12.1 Å². The van der Waals surface area contributed by atoms with Crippen LogP contribution in [-0.4, -0.2) is 53.7 Å². The number of carbonyl (C=O) groups excluding carboxylic acids is 2. The minimum atomic E-state index is -1.06. The first-order valence-corrected chi connectivity index (χ1v) is 13.9. The fourth-order valence-corrected chi connectivity index (χ4v) is 4.57. The number of nitrogens with one attached hydrogen (secondary N) is 2. The minimum absolute atomic E-state index is 0.204. The van der Waals surface area contributed by atoms with Crippen LogP contribution >= 0.6 is 0 Å². The monoisotopic (exact) mass is 570 g/mol. The fraction of sp³-hybridized carbons (Fsp3) is 0.312. The lowest BCUT2D eigenvalue weighted by Gasteiger charge is -2.32. The van der Waals surface area contributed by atoms with Crippen molar-refractivity contribution < 1.29 is 29.0 Å². The van der Waals surface area contributed by atoms with Crippen LogP contribution in [0.3, 0.4) is 0 Å². The Balaban J connectivity index is 1.10. The highest BCUT2D eigenvalue weighted by atomic mass is 16.5. The van der Waals surface area contributed by atoms with E-state index in [1.807, 2.05) is 54.6 Å². The topological polar surface area (TPSA) is 141 Å². The molecule has 0 spiro atoms. The molecule has 0 saturated carbocycles. The molecule has 1 saturated heterocycles. The van der Waals surface area contributed by atoms with Crippen LogP contribution < -0.4 is 20.1 Å². The van der Waals surface area contributed by atoms with Gasteiger partial charge in [-0.25, -0.2) is 4.79 Å². The molecule has 3 N–H and O–H groups in total. The van der Waals surface area contributed by atoms with Gasteiger partial charge in [-0.3, -0.25) is 14.5 Å². The van der Waals surface area contributed by atoms with Crippen LogP contribution in [0.1, 0.15) is 52.7 Å². The molecule has 3 aromatic rings. The highest BCUT2D eigenvalue weighted by Crippen LogP contribution is 2.18. The summed E-state index contributed by atoms with van der Waals surface area (Å²) in [6.07, 6.45) is 1.79. The molecule has 0 radical (unpaired) electrons. The molecule has 1 aliphatic rings. The molecule has 1 heterocycles. The summed E-state index contributed by atoms with van der Waals surface area (Å²) in [5.41, 5.74) is 2.84. The van der Waals surface area contributed by atoms with Crippen molar-refractivity contribution in [3.05, 3.63) is 95.1 Å². The summed E-state index contributed by atoms with van der Waals surface area (Å²) in [5.74, 6) is 0.966. The molecule has 42 heavy (non-hydrogen) atoms. The molecule has 1 unspecified atom stereocenters. The van der Waals surface area contributed by atoms with Gasteiger partial charge in [0.1, 0.15) is 17.5 Å². The number of ether oxygens (including phenoxy) is 2. The van der Waals surface area contributed by atoms with Gasteiger partial charge in [0.15, 0.2) is 0 Å². The van der Waals surface area contributed by atoms with Gasteiger partial charge in [0.2, 0.25) is 5.91 Å². The van der Waals surface area contributed by atoms with Crippen LogP contribution in [0.2, 0.25) is 0 Å². The van der Waals surface area contributed by atoms with E-state index in [0.29, 0.717) is 62.6 Å². The number of benzene rings is 3. The zero-order valence-corrected chi connectivity index (χ0v) is 23.3. The predicted octanol–water partition coefficient (Wildman–Crippen LogP) is 4.48. The van der Waals surface area contributed by atoms with Gasteiger partial charge in [0.05, 0.1) is 24.8 Å². The largest absolute Gasteiger partial charge is 0.493 e. The summed E-state index contributed by atoms with van der Waals surface area (Å²) in [4.78, 5) is 37.4. The number of hydrogen-bond acceptors (Lipinski definition) is 6. The van der Waals surface area contributed by atoms with E-state index in [2.05, 4.69) is 10.6 Å². The minimum Gasteiger partial charge on any atom is -0.493 e. The van der Waals surface area contributed by atoms with Crippen molar-refractivity contribution in [2.24, 2.45) is 0 Å². The van der Waals surface area contributed by atoms with E-state index in [-0.39, 0.29) is 11.8 Å². The molecular formula is C32H34N4O6. The van der Waals surface area contributed by atoms with Crippen LogP contribution in [0.25, 0.3) is 0 Å². The van der Waals surface area contributed by atoms with E-state index in [4.69, 9.17) is 14.7 Å². The van der Waals surface area contributed by atoms with E-state index in [1.165, 1.54) is 4.90 Å². The third kappa shape index (κ3) is 8.73. The first-order chi connectivity index (χ1) is 20.4. The highest BCUT2D eigenvalue weighted by molar-refractivity contribution is 5.94. The molecule has 4 rings (SSSR count). The van der Waals surface area contributed by atoms with Gasteiger partial charge < -0.3 is 25.2 Å². The van der Waals surface area contributed by atoms with Crippen LogP contribution in [0.5, 0.6) is 11.5 Å². The maximum atomic E-state index is 12.5. The number of carboxylic acid groups (broad SMARTS) is 1. The summed E-state index contributed by atoms with van der Waals surface area (Å²) in [5, 5.41) is 23.9. The van der Waals surface area contributed by atoms with Crippen molar-refractivity contribution in [3.63, 3.8) is 0 Å². The molecule has 3 amide bonds. The second kappa shape index (κ2) is 15.1. The van der Waals surface area contributed by atoms with Gasteiger partial charge in [0.25, 0.3) is 5.91 Å². The molecule has 0 bridgehead atoms. The second-order valence-electron chi connectivity index (χ2n) is 9.92. The molecule has 3 aromatic carbocycles. The normalized spacial score (nSPS) is 14.4. The summed E-state index contributed by atoms with van der Waals surface area (Å²) >= 11 is 0. The quantitative estimate of drug-likeness (QED) is 0.273. The number of hydrogen-bond donors (Lipinski definition) is 3. The Morgan fingerprint density at radius 3 is 1.95 bits per heavy atom. The Hall–Kier alpha value is -5.04. The third-order valence-corrected chi connectivity index (χ3v) is 6.92. The van der Waals surface area contributed by atoms with Crippen molar-refractivity contribution in [1.29, 1.82) is 5.26 Å². The molecular weight excluding hydrogens is 536 g/mol. The number of carbonyl (C=O) groups is 3. The van der Waals surface area contributed by atoms with E-state index in [1.54, 1.807) is 24.3 Å². The standard InChI is InChI=1S/C32H34N4O6/c33-20-23-5-11-26(12-6-23)30(37)34-21-24-7-13-27(14-8-24)41-18-3-19-42-28-15-9-25(10-16-28)22-35-31(38)29-4-1-2-17-36(29)32(39)40/h5-16,29H,1-4,17-19,21-22H2,(H,34,37)(H,35,38)(H,39,40). The van der Waals surface area contributed by atoms with Gasteiger partial charge >= 0.3 is 6.09 Å². The van der Waals surface area contributed by atoms with Crippen molar-refractivity contribution >= 4 is 17.9 Å². The zero-order valence-electron chi connectivity index (χ0n) is 23.3. The van der Waals surface area contributed by atoms with Crippen molar-refractivity contribution in [2.45, 2.75) is 44.8 Å². The maximum Gasteiger partial charge on any atom is 0.407 e. The molecule has 1 aliphatic heterocycles. The Morgan fingerprint density at radius 2 is 1.40 bits per heavy atom. The zero-order chi connectivity index (χ0) is 29.7. The van der Waals surface area contributed by atoms with Crippen LogP contribution in [0.15, 0.2) is 72.8 Å². The molecule has 1 fully saturated rings. The number of rotatable bonds is 12. The van der Waals surface area contributed by atoms with Crippen molar-refractivity contribution in [2.75, 3.05) is 19.8 Å².